The number of hydrogen-bond donors (Lipinski definition) is 1. The molecule has 1 fully saturated rings. The molecule has 1 N–H and O–H groups in total. The first-order valence-corrected chi connectivity index (χ1v) is 7.43. The van der Waals surface area contributed by atoms with E-state index in [4.69, 9.17) is 1.37 Å². The monoisotopic (exact) mass is 312 g/mol. The molecule has 1 aliphatic heterocycles. The Morgan fingerprint density at radius 1 is 1.39 bits per heavy atom. The molecule has 1 aliphatic rings. The molecule has 100 valence electrons. The van der Waals surface area contributed by atoms with Gasteiger partial charge in [-0.1, -0.05) is 28.1 Å². The number of benzene rings is 1. The maximum atomic E-state index is 9.59. The Balaban J connectivity index is 1.83. The highest BCUT2D eigenvalue weighted by molar-refractivity contribution is 9.10. The molecular weight excluding hydrogens is 290 g/mol. The maximum absolute atomic E-state index is 9.59. The quantitative estimate of drug-likeness (QED) is 0.923. The van der Waals surface area contributed by atoms with E-state index in [-0.39, 0.29) is 12.5 Å². The first-order valence-electron chi connectivity index (χ1n) is 7.22. The molecule has 0 aromatic heterocycles. The van der Waals surface area contributed by atoms with Gasteiger partial charge in [0, 0.05) is 12.4 Å². The van der Waals surface area contributed by atoms with Gasteiger partial charge >= 0.3 is 0 Å². The Labute approximate surface area is 120 Å². The number of piperidine rings is 1. The molecule has 0 bridgehead atoms. The van der Waals surface area contributed by atoms with Gasteiger partial charge in [-0.25, -0.2) is 0 Å². The van der Waals surface area contributed by atoms with E-state index in [9.17, 15) is 5.11 Å². The van der Waals surface area contributed by atoms with Crippen molar-refractivity contribution in [1.29, 1.82) is 0 Å². The van der Waals surface area contributed by atoms with Crippen molar-refractivity contribution in [2.45, 2.75) is 32.3 Å². The van der Waals surface area contributed by atoms with Crippen LogP contribution in [0.25, 0.3) is 0 Å². The number of halogens is 1. The number of likely N-dealkylation sites (tertiary alicyclic amines) is 1. The van der Waals surface area contributed by atoms with Gasteiger partial charge in [-0.15, -0.1) is 0 Å². The summed E-state index contributed by atoms with van der Waals surface area (Å²) in [5.74, 6) is 0.438. The van der Waals surface area contributed by atoms with Crippen molar-refractivity contribution in [3.63, 3.8) is 0 Å². The van der Waals surface area contributed by atoms with E-state index in [2.05, 4.69) is 20.8 Å². The third-order valence-corrected chi connectivity index (χ3v) is 4.30. The molecule has 1 aromatic rings. The van der Waals surface area contributed by atoms with Crippen LogP contribution in [-0.4, -0.2) is 35.7 Å². The van der Waals surface area contributed by atoms with Crippen LogP contribution < -0.4 is 0 Å². The van der Waals surface area contributed by atoms with Gasteiger partial charge in [-0.2, -0.15) is 0 Å². The largest absolute Gasteiger partial charge is 0.393 e. The molecule has 0 spiro atoms. The van der Waals surface area contributed by atoms with Crippen molar-refractivity contribution in [1.82, 2.24) is 4.90 Å². The fraction of sp³-hybridized carbons (Fsp3) is 0.600. The minimum absolute atomic E-state index is 0.184. The molecule has 2 nitrogen and oxygen atoms in total. The summed E-state index contributed by atoms with van der Waals surface area (Å²) in [5.41, 5.74) is 1.07. The highest BCUT2D eigenvalue weighted by Crippen LogP contribution is 2.20. The Hall–Kier alpha value is -0.380. The number of rotatable bonds is 4. The maximum Gasteiger partial charge on any atom is 0.0541 e. The minimum Gasteiger partial charge on any atom is -0.393 e. The second-order valence-corrected chi connectivity index (χ2v) is 6.05. The lowest BCUT2D eigenvalue weighted by Crippen LogP contribution is -2.38. The van der Waals surface area contributed by atoms with Crippen LogP contribution in [-0.2, 0) is 6.40 Å². The topological polar surface area (TPSA) is 23.5 Å². The lowest BCUT2D eigenvalue weighted by Gasteiger charge is -2.33. The molecule has 3 heteroatoms. The second kappa shape index (κ2) is 6.69. The van der Waals surface area contributed by atoms with Gasteiger partial charge in [0.1, 0.15) is 0 Å². The van der Waals surface area contributed by atoms with Crippen molar-refractivity contribution in [2.24, 2.45) is 5.92 Å². The highest BCUT2D eigenvalue weighted by atomic mass is 79.9. The van der Waals surface area contributed by atoms with E-state index < -0.39 is 0 Å². The zero-order valence-corrected chi connectivity index (χ0v) is 12.4. The number of nitrogens with zero attached hydrogens (tertiary/aromatic N) is 1. The minimum atomic E-state index is -0.194. The molecule has 0 aliphatic carbocycles. The average Bonchev–Trinajstić information content (AvgIpc) is 2.40. The smallest absolute Gasteiger partial charge is 0.0541 e. The van der Waals surface area contributed by atoms with Crippen molar-refractivity contribution in [3.05, 3.63) is 34.3 Å². The van der Waals surface area contributed by atoms with Crippen molar-refractivity contribution in [3.8, 4) is 0 Å². The molecule has 2 rings (SSSR count). The summed E-state index contributed by atoms with van der Waals surface area (Å²) in [4.78, 5) is 2.35. The summed E-state index contributed by atoms with van der Waals surface area (Å²) < 4.78 is 9.30. The number of aliphatic hydroxyl groups is 1. The van der Waals surface area contributed by atoms with Crippen LogP contribution in [0, 0.1) is 5.92 Å². The Bertz CT molecular complexity index is 388. The van der Waals surface area contributed by atoms with Crippen LogP contribution in [0.4, 0.5) is 0 Å². The summed E-state index contributed by atoms with van der Waals surface area (Å²) in [7, 11) is 0. The molecular formula is C15H22BrNO. The lowest BCUT2D eigenvalue weighted by atomic mass is 9.92. The van der Waals surface area contributed by atoms with E-state index in [0.29, 0.717) is 5.92 Å². The molecule has 1 aromatic carbocycles. The first-order chi connectivity index (χ1) is 9.06. The van der Waals surface area contributed by atoms with Crippen molar-refractivity contribution in [2.75, 3.05) is 19.6 Å². The Morgan fingerprint density at radius 2 is 2.00 bits per heavy atom. The van der Waals surface area contributed by atoms with Gasteiger partial charge < -0.3 is 10.0 Å². The summed E-state index contributed by atoms with van der Waals surface area (Å²) >= 11 is 3.42. The summed E-state index contributed by atoms with van der Waals surface area (Å²) in [6.07, 6.45) is 1.71. The molecule has 2 unspecified atom stereocenters. The summed E-state index contributed by atoms with van der Waals surface area (Å²) in [6.45, 7) is 4.67. The number of hydrogen-bond acceptors (Lipinski definition) is 2. The van der Waals surface area contributed by atoms with E-state index >= 15 is 0 Å². The highest BCUT2D eigenvalue weighted by Gasteiger charge is 2.22. The van der Waals surface area contributed by atoms with Crippen LogP contribution >= 0.6 is 15.9 Å². The SMILES string of the molecule is [2H]C(CN1CCC(C(C)O)CC1)c1ccc(Br)cc1. The fourth-order valence-electron chi connectivity index (χ4n) is 2.45. The van der Waals surface area contributed by atoms with E-state index in [0.717, 1.165) is 42.5 Å². The zero-order chi connectivity index (χ0) is 13.8. The molecule has 0 saturated carbocycles. The predicted molar refractivity (Wildman–Crippen MR) is 78.7 cm³/mol. The molecule has 0 amide bonds. The second-order valence-electron chi connectivity index (χ2n) is 5.13. The van der Waals surface area contributed by atoms with E-state index in [1.54, 1.807) is 0 Å². The molecule has 2 atom stereocenters. The first kappa shape index (κ1) is 12.6. The van der Waals surface area contributed by atoms with Gasteiger partial charge in [0.15, 0.2) is 0 Å². The van der Waals surface area contributed by atoms with E-state index in [1.807, 2.05) is 31.2 Å². The van der Waals surface area contributed by atoms with Crippen LogP contribution in [0.2, 0.25) is 0 Å². The normalized spacial score (nSPS) is 22.5. The van der Waals surface area contributed by atoms with Crippen LogP contribution in [0.1, 0.15) is 26.7 Å². The molecule has 0 radical (unpaired) electrons. The number of aliphatic hydroxyl groups excluding tert-OH is 1. The Kier molecular flexibility index (Phi) is 4.70. The molecule has 1 saturated heterocycles. The zero-order valence-electron chi connectivity index (χ0n) is 11.8. The van der Waals surface area contributed by atoms with Gasteiger partial charge in [0.25, 0.3) is 0 Å². The third-order valence-electron chi connectivity index (χ3n) is 3.77. The Morgan fingerprint density at radius 3 is 2.56 bits per heavy atom. The summed E-state index contributed by atoms with van der Waals surface area (Å²) in [5, 5.41) is 9.59. The fourth-order valence-corrected chi connectivity index (χ4v) is 2.72. The van der Waals surface area contributed by atoms with Crippen LogP contribution in [0.15, 0.2) is 28.7 Å². The molecule has 18 heavy (non-hydrogen) atoms. The standard InChI is InChI=1S/C15H22BrNO/c1-12(18)14-7-10-17(11-8-14)9-6-13-2-4-15(16)5-3-13/h2-5,12,14,18H,6-11H2,1H3/i6D. The van der Waals surface area contributed by atoms with Gasteiger partial charge in [-0.05, 0) is 62.9 Å². The van der Waals surface area contributed by atoms with Gasteiger partial charge in [0.05, 0.1) is 6.10 Å². The third kappa shape index (κ3) is 4.08. The summed E-state index contributed by atoms with van der Waals surface area (Å²) in [6, 6.07) is 8.03. The van der Waals surface area contributed by atoms with Gasteiger partial charge in [0.2, 0.25) is 0 Å². The van der Waals surface area contributed by atoms with Crippen molar-refractivity contribution >= 4 is 15.9 Å². The average molecular weight is 313 g/mol. The van der Waals surface area contributed by atoms with E-state index in [1.165, 1.54) is 0 Å². The van der Waals surface area contributed by atoms with Crippen LogP contribution in [0.5, 0.6) is 0 Å². The lowest BCUT2D eigenvalue weighted by molar-refractivity contribution is 0.0723. The predicted octanol–water partition coefficient (Wildman–Crippen LogP) is 3.08. The van der Waals surface area contributed by atoms with Crippen molar-refractivity contribution < 1.29 is 6.48 Å². The molecule has 1 heterocycles. The van der Waals surface area contributed by atoms with Crippen LogP contribution in [0.3, 0.4) is 0 Å². The van der Waals surface area contributed by atoms with Gasteiger partial charge in [-0.3, -0.25) is 0 Å².